The Balaban J connectivity index is 1.31. The molecule has 2 aromatic rings. The zero-order valence-electron chi connectivity index (χ0n) is 13.2. The van der Waals surface area contributed by atoms with Crippen LogP contribution < -0.4 is 5.32 Å². The van der Waals surface area contributed by atoms with Crippen molar-refractivity contribution in [2.45, 2.75) is 38.3 Å². The predicted molar refractivity (Wildman–Crippen MR) is 90.8 cm³/mol. The molecule has 22 heavy (non-hydrogen) atoms. The molecule has 116 valence electrons. The summed E-state index contributed by atoms with van der Waals surface area (Å²) in [6.07, 6.45) is 5.44. The van der Waals surface area contributed by atoms with E-state index in [0.29, 0.717) is 0 Å². The van der Waals surface area contributed by atoms with Crippen LogP contribution in [-0.2, 0) is 6.54 Å². The number of piperidine rings is 1. The molecule has 1 aromatic carbocycles. The average molecular weight is 295 g/mol. The van der Waals surface area contributed by atoms with E-state index in [2.05, 4.69) is 46.6 Å². The number of nitrogens with one attached hydrogen (secondary N) is 1. The second-order valence-corrected chi connectivity index (χ2v) is 6.90. The molecule has 1 aliphatic carbocycles. The third-order valence-corrected chi connectivity index (χ3v) is 5.02. The van der Waals surface area contributed by atoms with E-state index in [-0.39, 0.29) is 0 Å². The number of likely N-dealkylation sites (tertiary alicyclic amines) is 1. The number of nitrogens with zero attached hydrogens (tertiary/aromatic N) is 2. The molecule has 1 saturated heterocycles. The van der Waals surface area contributed by atoms with Crippen molar-refractivity contribution in [3.8, 4) is 0 Å². The van der Waals surface area contributed by atoms with Crippen LogP contribution in [0.3, 0.4) is 0 Å². The molecular formula is C19H25N3. The van der Waals surface area contributed by atoms with Crippen LogP contribution in [0.1, 0.15) is 31.4 Å². The van der Waals surface area contributed by atoms with Crippen molar-refractivity contribution in [2.75, 3.05) is 19.6 Å². The molecule has 2 fully saturated rings. The van der Waals surface area contributed by atoms with Gasteiger partial charge in [0.2, 0.25) is 0 Å². The highest BCUT2D eigenvalue weighted by atomic mass is 15.1. The summed E-state index contributed by atoms with van der Waals surface area (Å²) < 4.78 is 0. The van der Waals surface area contributed by atoms with Gasteiger partial charge in [0.25, 0.3) is 0 Å². The number of benzene rings is 1. The summed E-state index contributed by atoms with van der Waals surface area (Å²) in [6.45, 7) is 4.62. The smallest absolute Gasteiger partial charge is 0.0705 e. The molecule has 3 nitrogen and oxygen atoms in total. The molecule has 1 saturated carbocycles. The first kappa shape index (κ1) is 14.2. The lowest BCUT2D eigenvalue weighted by molar-refractivity contribution is 0.188. The van der Waals surface area contributed by atoms with E-state index in [1.165, 1.54) is 56.4 Å². The van der Waals surface area contributed by atoms with Crippen LogP contribution in [0, 0.1) is 5.92 Å². The summed E-state index contributed by atoms with van der Waals surface area (Å²) in [5.41, 5.74) is 2.31. The molecule has 1 aromatic heterocycles. The van der Waals surface area contributed by atoms with Gasteiger partial charge < -0.3 is 5.32 Å². The fourth-order valence-corrected chi connectivity index (χ4v) is 3.38. The number of hydrogen-bond donors (Lipinski definition) is 1. The molecule has 2 aliphatic rings. The minimum absolute atomic E-state index is 0.737. The van der Waals surface area contributed by atoms with E-state index in [4.69, 9.17) is 4.98 Å². The minimum Gasteiger partial charge on any atom is -0.314 e. The van der Waals surface area contributed by atoms with E-state index in [9.17, 15) is 0 Å². The summed E-state index contributed by atoms with van der Waals surface area (Å²) in [7, 11) is 0. The molecular weight excluding hydrogens is 270 g/mol. The highest BCUT2D eigenvalue weighted by molar-refractivity contribution is 5.78. The molecule has 4 rings (SSSR count). The fourth-order valence-electron chi connectivity index (χ4n) is 3.38. The van der Waals surface area contributed by atoms with Gasteiger partial charge in [0.05, 0.1) is 11.2 Å². The number of para-hydroxylation sites is 1. The summed E-state index contributed by atoms with van der Waals surface area (Å²) in [4.78, 5) is 7.35. The standard InChI is InChI=1S/C19H25N3/c1-2-4-19-16(3-1)7-8-18(21-19)14-22-11-9-17(10-12-22)20-13-15-5-6-15/h1-4,7-8,15,17,20H,5-6,9-14H2. The van der Waals surface area contributed by atoms with Crippen molar-refractivity contribution in [1.82, 2.24) is 15.2 Å². The summed E-state index contributed by atoms with van der Waals surface area (Å²) in [5, 5.41) is 4.98. The summed E-state index contributed by atoms with van der Waals surface area (Å²) in [6, 6.07) is 13.5. The Kier molecular flexibility index (Phi) is 4.09. The van der Waals surface area contributed by atoms with Crippen LogP contribution in [0.4, 0.5) is 0 Å². The second-order valence-electron chi connectivity index (χ2n) is 6.90. The lowest BCUT2D eigenvalue weighted by Gasteiger charge is -2.32. The quantitative estimate of drug-likeness (QED) is 0.918. The van der Waals surface area contributed by atoms with Gasteiger partial charge in [-0.15, -0.1) is 0 Å². The Morgan fingerprint density at radius 1 is 1.00 bits per heavy atom. The Hall–Kier alpha value is -1.45. The lowest BCUT2D eigenvalue weighted by Crippen LogP contribution is -2.42. The third-order valence-electron chi connectivity index (χ3n) is 5.02. The molecule has 0 atom stereocenters. The maximum atomic E-state index is 4.80. The number of hydrogen-bond acceptors (Lipinski definition) is 3. The Morgan fingerprint density at radius 2 is 1.82 bits per heavy atom. The van der Waals surface area contributed by atoms with Crippen molar-refractivity contribution < 1.29 is 0 Å². The van der Waals surface area contributed by atoms with Crippen molar-refractivity contribution >= 4 is 10.9 Å². The van der Waals surface area contributed by atoms with Crippen LogP contribution in [0.15, 0.2) is 36.4 Å². The third kappa shape index (κ3) is 3.47. The average Bonchev–Trinajstić information content (AvgIpc) is 3.38. The van der Waals surface area contributed by atoms with Gasteiger partial charge in [0.1, 0.15) is 0 Å². The molecule has 0 spiro atoms. The van der Waals surface area contributed by atoms with Crippen molar-refractivity contribution in [3.63, 3.8) is 0 Å². The normalized spacial score (nSPS) is 20.5. The van der Waals surface area contributed by atoms with Crippen LogP contribution in [0.5, 0.6) is 0 Å². The molecule has 0 bridgehead atoms. The van der Waals surface area contributed by atoms with Crippen LogP contribution >= 0.6 is 0 Å². The maximum absolute atomic E-state index is 4.80. The van der Waals surface area contributed by atoms with Crippen molar-refractivity contribution in [1.29, 1.82) is 0 Å². The van der Waals surface area contributed by atoms with Gasteiger partial charge in [-0.1, -0.05) is 24.3 Å². The fraction of sp³-hybridized carbons (Fsp3) is 0.526. The highest BCUT2D eigenvalue weighted by Crippen LogP contribution is 2.28. The van der Waals surface area contributed by atoms with Gasteiger partial charge in [-0.05, 0) is 50.3 Å². The first-order valence-corrected chi connectivity index (χ1v) is 8.67. The monoisotopic (exact) mass is 295 g/mol. The van der Waals surface area contributed by atoms with E-state index >= 15 is 0 Å². The summed E-state index contributed by atoms with van der Waals surface area (Å²) in [5.74, 6) is 0.986. The molecule has 0 unspecified atom stereocenters. The Bertz CT molecular complexity index is 627. The van der Waals surface area contributed by atoms with Gasteiger partial charge in [-0.25, -0.2) is 0 Å². The number of fused-ring (bicyclic) bond motifs is 1. The first-order chi connectivity index (χ1) is 10.9. The van der Waals surface area contributed by atoms with Crippen LogP contribution in [0.25, 0.3) is 10.9 Å². The predicted octanol–water partition coefficient (Wildman–Crippen LogP) is 3.20. The number of rotatable bonds is 5. The van der Waals surface area contributed by atoms with Gasteiger partial charge in [-0.2, -0.15) is 0 Å². The molecule has 1 N–H and O–H groups in total. The molecule has 3 heteroatoms. The van der Waals surface area contributed by atoms with Gasteiger partial charge in [-0.3, -0.25) is 9.88 Å². The molecule has 2 heterocycles. The van der Waals surface area contributed by atoms with Crippen LogP contribution in [0.2, 0.25) is 0 Å². The van der Waals surface area contributed by atoms with E-state index < -0.39 is 0 Å². The number of aromatic nitrogens is 1. The second kappa shape index (κ2) is 6.35. The highest BCUT2D eigenvalue weighted by Gasteiger charge is 2.24. The maximum Gasteiger partial charge on any atom is 0.0705 e. The van der Waals surface area contributed by atoms with Crippen molar-refractivity contribution in [3.05, 3.63) is 42.1 Å². The summed E-state index contributed by atoms with van der Waals surface area (Å²) >= 11 is 0. The molecule has 1 aliphatic heterocycles. The van der Waals surface area contributed by atoms with Crippen LogP contribution in [-0.4, -0.2) is 35.6 Å². The van der Waals surface area contributed by atoms with Crippen molar-refractivity contribution in [2.24, 2.45) is 5.92 Å². The largest absolute Gasteiger partial charge is 0.314 e. The SMILES string of the molecule is c1ccc2nc(CN3CCC(NCC4CC4)CC3)ccc2c1. The van der Waals surface area contributed by atoms with E-state index in [1.54, 1.807) is 0 Å². The van der Waals surface area contributed by atoms with E-state index in [1.807, 2.05) is 0 Å². The zero-order valence-corrected chi connectivity index (χ0v) is 13.2. The lowest BCUT2D eigenvalue weighted by atomic mass is 10.0. The molecule has 0 radical (unpaired) electrons. The van der Waals surface area contributed by atoms with E-state index in [0.717, 1.165) is 24.0 Å². The van der Waals surface area contributed by atoms with Gasteiger partial charge in [0.15, 0.2) is 0 Å². The van der Waals surface area contributed by atoms with Gasteiger partial charge >= 0.3 is 0 Å². The Morgan fingerprint density at radius 3 is 2.64 bits per heavy atom. The first-order valence-electron chi connectivity index (χ1n) is 8.67. The molecule has 0 amide bonds. The van der Waals surface area contributed by atoms with Gasteiger partial charge in [0, 0.05) is 31.1 Å². The topological polar surface area (TPSA) is 28.2 Å². The number of pyridine rings is 1. The minimum atomic E-state index is 0.737. The Labute approximate surface area is 132 Å². The zero-order chi connectivity index (χ0) is 14.8.